The van der Waals surface area contributed by atoms with Crippen LogP contribution >= 0.6 is 0 Å². The number of benzene rings is 5. The predicted molar refractivity (Wildman–Crippen MR) is 524 cm³/mol. The lowest BCUT2D eigenvalue weighted by atomic mass is 9.73. The minimum absolute atomic E-state index is 0.0649. The van der Waals surface area contributed by atoms with Gasteiger partial charge >= 0.3 is 0 Å². The Morgan fingerprint density at radius 1 is 0.208 bits per heavy atom. The fourth-order valence-electron chi connectivity index (χ4n) is 22.2. The Morgan fingerprint density at radius 2 is 0.382 bits per heavy atom. The highest BCUT2D eigenvalue weighted by atomic mass is 16.8. The molecule has 0 saturated carbocycles. The lowest BCUT2D eigenvalue weighted by Crippen LogP contribution is -2.69. The molecule has 21 aliphatic heterocycles. The maximum Gasteiger partial charge on any atom is 0.187 e. The van der Waals surface area contributed by atoms with Gasteiger partial charge in [-0.15, -0.1) is 0 Å². The second-order valence-corrected chi connectivity index (χ2v) is 42.5. The average Bonchev–Trinajstić information content (AvgIpc) is 0.808. The molecule has 0 spiro atoms. The normalized spacial score (nSPS) is 36.9. The van der Waals surface area contributed by atoms with E-state index in [-0.39, 0.29) is 67.9 Å². The zero-order chi connectivity index (χ0) is 104. The topological polar surface area (TPSA) is 323 Å². The molecule has 35 atom stereocenters. The van der Waals surface area contributed by atoms with Gasteiger partial charge in [0.05, 0.1) is 46.2 Å². The summed E-state index contributed by atoms with van der Waals surface area (Å²) in [4.78, 5) is 0. The third kappa shape index (κ3) is 23.4. The van der Waals surface area contributed by atoms with E-state index in [9.17, 15) is 0 Å². The van der Waals surface area contributed by atoms with Gasteiger partial charge < -0.3 is 166 Å². The summed E-state index contributed by atoms with van der Waals surface area (Å²) in [6.45, 7) is 25.4. The first-order valence-corrected chi connectivity index (χ1v) is 49.9. The number of ether oxygens (including phenoxy) is 35. The summed E-state index contributed by atoms with van der Waals surface area (Å²) in [5, 5.41) is 0. The molecule has 18 bridgehead atoms. The third-order valence-electron chi connectivity index (χ3n) is 29.9. The van der Waals surface area contributed by atoms with Crippen LogP contribution in [0.3, 0.4) is 0 Å². The van der Waals surface area contributed by atoms with E-state index < -0.39 is 226 Å². The Labute approximate surface area is 850 Å². The quantitative estimate of drug-likeness (QED) is 0.0449. The molecule has 20 saturated heterocycles. The van der Waals surface area contributed by atoms with Crippen LogP contribution in [-0.4, -0.2) is 396 Å². The third-order valence-corrected chi connectivity index (χ3v) is 29.9. The van der Waals surface area contributed by atoms with Crippen molar-refractivity contribution < 1.29 is 166 Å². The number of hydrogen-bond acceptors (Lipinski definition) is 35. The van der Waals surface area contributed by atoms with Gasteiger partial charge in [-0.3, -0.25) is 0 Å². The van der Waals surface area contributed by atoms with Crippen molar-refractivity contribution in [3.8, 4) is 0 Å². The number of rotatable bonds is 28. The van der Waals surface area contributed by atoms with Crippen LogP contribution < -0.4 is 0 Å². The van der Waals surface area contributed by atoms with Crippen molar-refractivity contribution in [3.05, 3.63) is 177 Å². The van der Waals surface area contributed by atoms with Crippen LogP contribution in [0.4, 0.5) is 0 Å². The zero-order valence-corrected chi connectivity index (χ0v) is 90.0. The molecule has 0 aliphatic carbocycles. The fourth-order valence-corrected chi connectivity index (χ4v) is 22.2. The SMILES string of the molecule is COC[C@H]1O[C@@H]2O[C@H]3[C@H](OC)[C@@H](OC)[C@@H](O[C@H]4[C@H](OC)[C@@H](OC)[C@@H](O[C@H]5[C@H](OC)[C@@H](OC)[C@H]6O[C@H]7[C@H](OC)[C@@H](OC)[C@@H](O[C@H]8[C@H](OC)[C@@H](OC)[C@@H](O[C@H]9[C@H](OC)[C@@H](OC)[C@@H](O[C@H]1[C@H](OC)[C@H]2OC)O[C@@H]9COC)O[C@@H]8COC)O[C@@H]7COC(c1ccc(C(C)(C)C)cc1)(c1ccc(C(C)(C)C)cc1)c1cccc(c1)C(c1ccc(C(C)(C)C)cc1)(c1ccc(C(C)(C)C)cc1)OC[C@H]5O6)O[C@@H]4COC)O[C@@H]3COC. The van der Waals surface area contributed by atoms with Crippen molar-refractivity contribution in [3.63, 3.8) is 0 Å². The average molecular weight is 2030 g/mol. The maximum absolute atomic E-state index is 8.37. The molecule has 35 nitrogen and oxygen atoms in total. The molecule has 808 valence electrons. The van der Waals surface area contributed by atoms with Crippen LogP contribution in [0, 0.1) is 0 Å². The number of fused-ring (bicyclic) bond motifs is 2. The Bertz CT molecular complexity index is 4570. The van der Waals surface area contributed by atoms with Crippen LogP contribution in [0.5, 0.6) is 0 Å². The van der Waals surface area contributed by atoms with Gasteiger partial charge in [-0.2, -0.15) is 0 Å². The molecule has 35 heteroatoms. The lowest BCUT2D eigenvalue weighted by molar-refractivity contribution is -0.403. The van der Waals surface area contributed by atoms with Crippen molar-refractivity contribution >= 4 is 0 Å². The summed E-state index contributed by atoms with van der Waals surface area (Å²) in [6.07, 6.45) is -40.3. The minimum Gasteiger partial charge on any atom is -0.382 e. The molecule has 5 aromatic rings. The van der Waals surface area contributed by atoms with E-state index in [1.54, 1.807) is 71.1 Å². The van der Waals surface area contributed by atoms with Gasteiger partial charge in [0.2, 0.25) is 0 Å². The van der Waals surface area contributed by atoms with Crippen molar-refractivity contribution in [2.24, 2.45) is 0 Å². The van der Waals surface area contributed by atoms with Crippen LogP contribution in [0.15, 0.2) is 121 Å². The highest BCUT2D eigenvalue weighted by Gasteiger charge is 2.64. The van der Waals surface area contributed by atoms with E-state index >= 15 is 0 Å². The smallest absolute Gasteiger partial charge is 0.187 e. The molecular weight excluding hydrogens is 1870 g/mol. The standard InChI is InChI=1S/C109H162O35/c1-104(2,3)59-35-43-63(44-36-59)108(64-45-37-60(38-46-64)105(4,5)6)67-33-32-34-68(51-67)109(65-47-39-61(40-48-65)106(7,8)9,66-49-41-62(42-50-66)107(10,11)12)130-58-75-82-89(121-24)95(127-30)102(136-75)142-80-73(56-114-17)134-100(93(125-28)87(80)119-22)140-78-71(54-112-15)132-98(91(123-26)85(78)117-20)138-76-69(52-110-13)131-97(90(122-25)83(76)115-18)139-77-70(53-111-14)133-99(92(124-27)84(77)116-19)141-79-72(55-113-16)135-101(94(126-29)86(79)118-21)143-81-74(57-129-108)137-103(144-82)96(128-31)88(81)120-23/h32-51,69-103H,52-58H2,1-31H3/t69-,70-,71-,72-,73-,74-,75-,76-,77-,78-,79-,80-,81-,82-,83+,84+,85+,86+,87+,88+,89+,90-,91-,92-,93-,94-,95-,96-,97-,98-,99-,100-,101-,102-,103-/m1/s1. The minimum atomic E-state index is -1.58. The van der Waals surface area contributed by atoms with Crippen LogP contribution in [-0.2, 0) is 199 Å². The van der Waals surface area contributed by atoms with E-state index in [1.807, 2.05) is 0 Å². The van der Waals surface area contributed by atoms with Crippen LogP contribution in [0.2, 0.25) is 0 Å². The van der Waals surface area contributed by atoms with Crippen LogP contribution in [0.25, 0.3) is 0 Å². The Balaban J connectivity index is 1.01. The van der Waals surface area contributed by atoms with E-state index in [1.165, 1.54) is 64.0 Å². The Kier molecular flexibility index (Phi) is 39.4. The summed E-state index contributed by atoms with van der Waals surface area (Å²) in [6, 6.07) is 43.2. The predicted octanol–water partition coefficient (Wildman–Crippen LogP) is 10.7. The maximum atomic E-state index is 8.37. The van der Waals surface area contributed by atoms with E-state index in [2.05, 4.69) is 204 Å². The molecule has 0 unspecified atom stereocenters. The van der Waals surface area contributed by atoms with Gasteiger partial charge in [0.25, 0.3) is 0 Å². The van der Waals surface area contributed by atoms with Gasteiger partial charge in [0.1, 0.15) is 182 Å². The molecule has 0 radical (unpaired) electrons. The number of hydrogen-bond donors (Lipinski definition) is 0. The monoisotopic (exact) mass is 2030 g/mol. The molecule has 21 heterocycles. The van der Waals surface area contributed by atoms with Crippen molar-refractivity contribution in [1.29, 1.82) is 0 Å². The lowest BCUT2D eigenvalue weighted by Gasteiger charge is -2.53. The molecule has 21 aliphatic rings. The second kappa shape index (κ2) is 49.6. The molecule has 0 amide bonds. The van der Waals surface area contributed by atoms with Crippen molar-refractivity contribution in [2.75, 3.05) is 181 Å². The molecular formula is C109H162O35. The summed E-state index contributed by atoms with van der Waals surface area (Å²) < 4.78 is 244. The molecule has 0 N–H and O–H groups in total. The van der Waals surface area contributed by atoms with Gasteiger partial charge in [0, 0.05) is 135 Å². The Morgan fingerprint density at radius 3 is 0.556 bits per heavy atom. The highest BCUT2D eigenvalue weighted by molar-refractivity contribution is 5.55. The molecule has 5 aromatic carbocycles. The first-order chi connectivity index (χ1) is 69.0. The molecule has 20 fully saturated rings. The molecule has 144 heavy (non-hydrogen) atoms. The van der Waals surface area contributed by atoms with Crippen molar-refractivity contribution in [1.82, 2.24) is 0 Å². The molecule has 0 aromatic heterocycles. The van der Waals surface area contributed by atoms with Gasteiger partial charge in [0.15, 0.2) is 44.0 Å². The highest BCUT2D eigenvalue weighted by Crippen LogP contribution is 2.52. The zero-order valence-electron chi connectivity index (χ0n) is 90.0. The first-order valence-electron chi connectivity index (χ1n) is 49.9. The van der Waals surface area contributed by atoms with E-state index in [4.69, 9.17) is 166 Å². The van der Waals surface area contributed by atoms with Gasteiger partial charge in [-0.25, -0.2) is 0 Å². The van der Waals surface area contributed by atoms with Gasteiger partial charge in [-0.05, 0) is 83.4 Å². The van der Waals surface area contributed by atoms with E-state index in [0.717, 1.165) is 44.5 Å². The molecule has 26 rings (SSSR count). The second-order valence-electron chi connectivity index (χ2n) is 42.5. The summed E-state index contributed by atoms with van der Waals surface area (Å²) in [5.41, 5.74) is 4.59. The fraction of sp³-hybridized carbons (Fsp3) is 0.725. The summed E-state index contributed by atoms with van der Waals surface area (Å²) in [7, 11) is 29.3. The van der Waals surface area contributed by atoms with Crippen LogP contribution in [0.1, 0.15) is 139 Å². The van der Waals surface area contributed by atoms with Gasteiger partial charge in [-0.1, -0.05) is 198 Å². The largest absolute Gasteiger partial charge is 0.382 e. The van der Waals surface area contributed by atoms with E-state index in [0.29, 0.717) is 11.1 Å². The Hall–Kier alpha value is -5.30. The summed E-state index contributed by atoms with van der Waals surface area (Å²) >= 11 is 0. The summed E-state index contributed by atoms with van der Waals surface area (Å²) in [5.74, 6) is 0. The van der Waals surface area contributed by atoms with Crippen molar-refractivity contribution in [2.45, 2.75) is 331 Å². The first kappa shape index (κ1) is 114. The number of methoxy groups -OCH3 is 19.